The number of likely N-dealkylation sites (N-methyl/N-ethyl adjacent to an activating group) is 1. The summed E-state index contributed by atoms with van der Waals surface area (Å²) in [6.45, 7) is 1.95. The Morgan fingerprint density at radius 1 is 1.22 bits per heavy atom. The number of hydrogen-bond donors (Lipinski definition) is 2. The number of likely N-dealkylation sites (tertiary alicyclic amines) is 1. The minimum absolute atomic E-state index is 0.0279. The van der Waals surface area contributed by atoms with Gasteiger partial charge in [0.25, 0.3) is 5.91 Å². The number of benzene rings is 1. The summed E-state index contributed by atoms with van der Waals surface area (Å²) >= 11 is 0. The summed E-state index contributed by atoms with van der Waals surface area (Å²) < 4.78 is 17.5. The van der Waals surface area contributed by atoms with Crippen molar-refractivity contribution in [1.29, 1.82) is 0 Å². The zero-order valence-electron chi connectivity index (χ0n) is 20.4. The number of nitrogens with zero attached hydrogens (tertiary/aromatic N) is 2. The maximum atomic E-state index is 13.5. The molecular formula is C28H32N2O6. The smallest absolute Gasteiger partial charge is 0.254 e. The van der Waals surface area contributed by atoms with Gasteiger partial charge in [0, 0.05) is 30.8 Å². The molecule has 1 aromatic carbocycles. The van der Waals surface area contributed by atoms with Crippen LogP contribution in [0, 0.1) is 5.92 Å². The number of furan rings is 1. The predicted octanol–water partition coefficient (Wildman–Crippen LogP) is 2.52. The summed E-state index contributed by atoms with van der Waals surface area (Å²) in [5.74, 6) is 1.31. The molecule has 1 amide bonds. The number of piperidine rings is 1. The van der Waals surface area contributed by atoms with Crippen molar-refractivity contribution in [3.05, 3.63) is 47.4 Å². The molecule has 2 aromatic rings. The molecule has 4 heterocycles. The lowest BCUT2D eigenvalue weighted by Gasteiger charge is -2.64. The van der Waals surface area contributed by atoms with Crippen LogP contribution in [-0.2, 0) is 21.4 Å². The van der Waals surface area contributed by atoms with Gasteiger partial charge in [-0.05, 0) is 68.7 Å². The molecule has 0 radical (unpaired) electrons. The van der Waals surface area contributed by atoms with Gasteiger partial charge < -0.3 is 29.0 Å². The van der Waals surface area contributed by atoms with E-state index in [9.17, 15) is 15.0 Å². The van der Waals surface area contributed by atoms with Crippen LogP contribution in [-0.4, -0.2) is 75.9 Å². The highest BCUT2D eigenvalue weighted by Gasteiger charge is 2.73. The highest BCUT2D eigenvalue weighted by atomic mass is 16.6. The number of hydrogen-bond acceptors (Lipinski definition) is 7. The van der Waals surface area contributed by atoms with Crippen molar-refractivity contribution in [2.24, 2.45) is 5.92 Å². The van der Waals surface area contributed by atoms with Crippen LogP contribution in [0.2, 0.25) is 0 Å². The molecule has 8 nitrogen and oxygen atoms in total. The average molecular weight is 493 g/mol. The first-order valence-corrected chi connectivity index (χ1v) is 13.3. The van der Waals surface area contributed by atoms with E-state index in [1.165, 1.54) is 18.4 Å². The topological polar surface area (TPSA) is 98.9 Å². The van der Waals surface area contributed by atoms with Crippen LogP contribution in [0.15, 0.2) is 35.1 Å². The summed E-state index contributed by atoms with van der Waals surface area (Å²) in [5, 5.41) is 23.4. The number of aromatic hydroxyl groups is 1. The van der Waals surface area contributed by atoms with Crippen molar-refractivity contribution in [3.63, 3.8) is 0 Å². The van der Waals surface area contributed by atoms with Crippen molar-refractivity contribution in [2.45, 2.75) is 79.9 Å². The van der Waals surface area contributed by atoms with Crippen molar-refractivity contribution in [2.75, 3.05) is 20.1 Å². The van der Waals surface area contributed by atoms with Crippen LogP contribution < -0.4 is 4.74 Å². The number of carbonyl (C=O) groups is 1. The summed E-state index contributed by atoms with van der Waals surface area (Å²) in [5.41, 5.74) is 1.44. The highest BCUT2D eigenvalue weighted by Crippen LogP contribution is 2.66. The zero-order valence-corrected chi connectivity index (χ0v) is 20.4. The van der Waals surface area contributed by atoms with Crippen molar-refractivity contribution in [3.8, 4) is 11.5 Å². The summed E-state index contributed by atoms with van der Waals surface area (Å²) in [4.78, 5) is 17.8. The van der Waals surface area contributed by atoms with E-state index in [0.29, 0.717) is 18.6 Å². The van der Waals surface area contributed by atoms with Gasteiger partial charge in [-0.1, -0.05) is 6.07 Å². The van der Waals surface area contributed by atoms with Gasteiger partial charge in [-0.25, -0.2) is 0 Å². The lowest BCUT2D eigenvalue weighted by molar-refractivity contribution is -0.200. The van der Waals surface area contributed by atoms with E-state index >= 15 is 0 Å². The third kappa shape index (κ3) is 2.62. The van der Waals surface area contributed by atoms with E-state index in [1.807, 2.05) is 19.2 Å². The normalized spacial score (nSPS) is 39.9. The van der Waals surface area contributed by atoms with Crippen molar-refractivity contribution >= 4 is 5.91 Å². The predicted molar refractivity (Wildman–Crippen MR) is 128 cm³/mol. The van der Waals surface area contributed by atoms with E-state index in [4.69, 9.17) is 13.9 Å². The van der Waals surface area contributed by atoms with Gasteiger partial charge in [-0.2, -0.15) is 0 Å². The summed E-state index contributed by atoms with van der Waals surface area (Å²) in [6.07, 6.45) is 7.33. The Morgan fingerprint density at radius 3 is 2.86 bits per heavy atom. The zero-order chi connectivity index (χ0) is 24.4. The Morgan fingerprint density at radius 2 is 2.08 bits per heavy atom. The molecule has 7 atom stereocenters. The third-order valence-corrected chi connectivity index (χ3v) is 10.2. The Hall–Kier alpha value is -2.55. The molecule has 36 heavy (non-hydrogen) atoms. The number of epoxide rings is 1. The maximum Gasteiger partial charge on any atom is 0.254 e. The summed E-state index contributed by atoms with van der Waals surface area (Å²) in [7, 11) is 1.83. The molecule has 8 rings (SSSR count). The number of phenols is 1. The second kappa shape index (κ2) is 7.05. The molecule has 2 bridgehead atoms. The van der Waals surface area contributed by atoms with Crippen molar-refractivity contribution in [1.82, 2.24) is 9.80 Å². The molecule has 2 saturated carbocycles. The second-order valence-electron chi connectivity index (χ2n) is 11.9. The minimum atomic E-state index is -0.952. The molecule has 6 aliphatic rings. The number of ether oxygens (including phenoxy) is 2. The molecule has 8 heteroatoms. The van der Waals surface area contributed by atoms with Crippen LogP contribution in [0.3, 0.4) is 0 Å². The van der Waals surface area contributed by atoms with Gasteiger partial charge in [0.15, 0.2) is 17.6 Å². The van der Waals surface area contributed by atoms with Gasteiger partial charge >= 0.3 is 0 Å². The molecule has 3 aliphatic heterocycles. The lowest BCUT2D eigenvalue weighted by atomic mass is 9.48. The lowest BCUT2D eigenvalue weighted by Crippen LogP contribution is -2.78. The number of amides is 1. The van der Waals surface area contributed by atoms with E-state index in [-0.39, 0.29) is 29.8 Å². The first kappa shape index (κ1) is 21.5. The fraction of sp³-hybridized carbons (Fsp3) is 0.607. The van der Waals surface area contributed by atoms with E-state index in [1.54, 1.807) is 23.5 Å². The highest BCUT2D eigenvalue weighted by molar-refractivity contribution is 5.84. The quantitative estimate of drug-likeness (QED) is 0.619. The van der Waals surface area contributed by atoms with E-state index < -0.39 is 23.2 Å². The Bertz CT molecular complexity index is 1240. The third-order valence-electron chi connectivity index (χ3n) is 10.2. The Balaban J connectivity index is 1.17. The Labute approximate surface area is 209 Å². The van der Waals surface area contributed by atoms with Crippen LogP contribution in [0.25, 0.3) is 0 Å². The van der Waals surface area contributed by atoms with E-state index in [2.05, 4.69) is 4.90 Å². The largest absolute Gasteiger partial charge is 0.504 e. The first-order chi connectivity index (χ1) is 17.4. The minimum Gasteiger partial charge on any atom is -0.504 e. The second-order valence-corrected chi connectivity index (χ2v) is 11.9. The molecule has 3 aliphatic carbocycles. The van der Waals surface area contributed by atoms with Gasteiger partial charge in [-0.3, -0.25) is 9.69 Å². The fourth-order valence-corrected chi connectivity index (χ4v) is 8.21. The maximum absolute atomic E-state index is 13.5. The monoisotopic (exact) mass is 492 g/mol. The summed E-state index contributed by atoms with van der Waals surface area (Å²) in [6, 6.07) is 5.38. The van der Waals surface area contributed by atoms with Crippen molar-refractivity contribution < 1.29 is 28.9 Å². The molecule has 1 aromatic heterocycles. The molecule has 2 N–H and O–H groups in total. The molecule has 2 saturated heterocycles. The van der Waals surface area contributed by atoms with Crippen LogP contribution in [0.4, 0.5) is 0 Å². The van der Waals surface area contributed by atoms with Crippen LogP contribution in [0.5, 0.6) is 11.5 Å². The van der Waals surface area contributed by atoms with Gasteiger partial charge in [0.1, 0.15) is 12.2 Å². The van der Waals surface area contributed by atoms with Gasteiger partial charge in [-0.15, -0.1) is 0 Å². The van der Waals surface area contributed by atoms with Gasteiger partial charge in [0.05, 0.1) is 29.6 Å². The molecule has 1 spiro atoms. The van der Waals surface area contributed by atoms with Crippen LogP contribution >= 0.6 is 0 Å². The number of carbonyl (C=O) groups excluding carboxylic acids is 1. The molecule has 190 valence electrons. The number of phenolic OH excluding ortho intramolecular Hbond substituents is 1. The average Bonchev–Trinajstić information content (AvgIpc) is 3.76. The molecular weight excluding hydrogens is 460 g/mol. The van der Waals surface area contributed by atoms with E-state index in [0.717, 1.165) is 43.0 Å². The molecule has 4 fully saturated rings. The standard InChI is InChI=1S/C28H32N2O6/c1-29(26(32)24-22(35-24)17-7-11-34-14-17)18-6-8-28(33)20-12-16-4-5-19(31)23-21(16)27(28,25(18)36-23)9-10-30(20)13-15-2-3-15/h4-5,7,11,14-15,18,20,22,24-25,31,33H,2-3,6,8-10,12-13H2,1H3/t18-,20-,22?,24?,25+,27+,28-/m1/s1. The number of aliphatic hydroxyl groups is 1. The Kier molecular flexibility index (Phi) is 4.22. The molecule has 2 unspecified atom stereocenters. The van der Waals surface area contributed by atoms with Gasteiger partial charge in [0.2, 0.25) is 0 Å². The van der Waals surface area contributed by atoms with Crippen LogP contribution in [0.1, 0.15) is 54.9 Å². The SMILES string of the molecule is CN(C(=O)C1OC1c1ccoc1)[C@@H]1CC[C@@]2(O)[C@H]3Cc4ccc(O)c5c4[C@@]2(CCN3CC2CC2)[C@H]1O5. The number of rotatable bonds is 5. The first-order valence-electron chi connectivity index (χ1n) is 13.3. The fourth-order valence-electron chi connectivity index (χ4n) is 8.21.